The van der Waals surface area contributed by atoms with Crippen molar-refractivity contribution in [3.05, 3.63) is 17.8 Å². The summed E-state index contributed by atoms with van der Waals surface area (Å²) >= 11 is 0. The van der Waals surface area contributed by atoms with E-state index in [9.17, 15) is 0 Å². The van der Waals surface area contributed by atoms with Crippen LogP contribution in [0.1, 0.15) is 11.7 Å². The van der Waals surface area contributed by atoms with Crippen molar-refractivity contribution in [3.63, 3.8) is 0 Å². The Morgan fingerprint density at radius 3 is 3.09 bits per heavy atom. The average Bonchev–Trinajstić information content (AvgIpc) is 2.37. The van der Waals surface area contributed by atoms with Crippen molar-refractivity contribution in [3.8, 4) is 0 Å². The second-order valence-electron chi connectivity index (χ2n) is 2.17. The molecule has 0 aliphatic carbocycles. The van der Waals surface area contributed by atoms with E-state index in [-0.39, 0.29) is 6.73 Å². The van der Waals surface area contributed by atoms with E-state index < -0.39 is 0 Å². The van der Waals surface area contributed by atoms with E-state index in [0.717, 1.165) is 12.2 Å². The predicted octanol–water partition coefficient (Wildman–Crippen LogP) is 0.458. The highest BCUT2D eigenvalue weighted by Gasteiger charge is 1.98. The normalized spacial score (nSPS) is 10.4. The summed E-state index contributed by atoms with van der Waals surface area (Å²) in [7, 11) is 0. The number of nitrogens with two attached hydrogens (primary N) is 1. The molecule has 0 atom stereocenters. The average molecular weight is 156 g/mol. The molecule has 1 heterocycles. The Morgan fingerprint density at radius 2 is 2.55 bits per heavy atom. The first-order valence-corrected chi connectivity index (χ1v) is 3.52. The molecular formula is C7H12N2O2. The van der Waals surface area contributed by atoms with Crippen molar-refractivity contribution in [1.29, 1.82) is 0 Å². The maximum atomic E-state index is 5.20. The number of hydrogen-bond donors (Lipinski definition) is 1. The van der Waals surface area contributed by atoms with E-state index >= 15 is 0 Å². The third-order valence-corrected chi connectivity index (χ3v) is 1.28. The molecule has 0 unspecified atom stereocenters. The standard InChI is InChI=1S/C7H12N2O2/c1-6-9-4-7(11-6)2-3-10-5-8/h4H,2-3,5,8H2,1H3. The molecule has 0 saturated heterocycles. The second kappa shape index (κ2) is 4.10. The molecule has 0 radical (unpaired) electrons. The fourth-order valence-electron chi connectivity index (χ4n) is 0.777. The van der Waals surface area contributed by atoms with Crippen molar-refractivity contribution < 1.29 is 9.15 Å². The van der Waals surface area contributed by atoms with Crippen LogP contribution in [0.2, 0.25) is 0 Å². The van der Waals surface area contributed by atoms with Crippen LogP contribution in [-0.2, 0) is 11.2 Å². The maximum Gasteiger partial charge on any atom is 0.191 e. The van der Waals surface area contributed by atoms with Gasteiger partial charge in [0.05, 0.1) is 19.5 Å². The number of ether oxygens (including phenoxy) is 1. The molecule has 4 nitrogen and oxygen atoms in total. The largest absolute Gasteiger partial charge is 0.446 e. The zero-order valence-electron chi connectivity index (χ0n) is 6.54. The minimum atomic E-state index is 0.257. The zero-order valence-corrected chi connectivity index (χ0v) is 6.54. The van der Waals surface area contributed by atoms with Crippen LogP contribution in [0.5, 0.6) is 0 Å². The molecule has 0 fully saturated rings. The fourth-order valence-corrected chi connectivity index (χ4v) is 0.777. The van der Waals surface area contributed by atoms with E-state index in [1.807, 2.05) is 6.92 Å². The summed E-state index contributed by atoms with van der Waals surface area (Å²) < 4.78 is 10.1. The van der Waals surface area contributed by atoms with Crippen LogP contribution in [-0.4, -0.2) is 18.3 Å². The number of aryl methyl sites for hydroxylation is 1. The van der Waals surface area contributed by atoms with Gasteiger partial charge in [-0.25, -0.2) is 4.98 Å². The third-order valence-electron chi connectivity index (χ3n) is 1.28. The Kier molecular flexibility index (Phi) is 3.07. The maximum absolute atomic E-state index is 5.20. The number of aromatic nitrogens is 1. The Hall–Kier alpha value is -0.870. The van der Waals surface area contributed by atoms with Crippen molar-refractivity contribution in [1.82, 2.24) is 4.98 Å². The smallest absolute Gasteiger partial charge is 0.191 e. The lowest BCUT2D eigenvalue weighted by Gasteiger charge is -1.95. The molecule has 4 heteroatoms. The van der Waals surface area contributed by atoms with Gasteiger partial charge in [-0.1, -0.05) is 0 Å². The monoisotopic (exact) mass is 156 g/mol. The molecule has 0 spiro atoms. The molecule has 11 heavy (non-hydrogen) atoms. The van der Waals surface area contributed by atoms with Crippen molar-refractivity contribution in [2.45, 2.75) is 13.3 Å². The topological polar surface area (TPSA) is 61.3 Å². The van der Waals surface area contributed by atoms with Crippen molar-refractivity contribution in [2.75, 3.05) is 13.3 Å². The molecule has 1 aromatic rings. The summed E-state index contributed by atoms with van der Waals surface area (Å²) in [4.78, 5) is 3.94. The Morgan fingerprint density at radius 1 is 1.73 bits per heavy atom. The third kappa shape index (κ3) is 2.69. The molecule has 1 rings (SSSR count). The van der Waals surface area contributed by atoms with Crippen LogP contribution in [0, 0.1) is 6.92 Å². The van der Waals surface area contributed by atoms with Gasteiger partial charge in [-0.15, -0.1) is 0 Å². The van der Waals surface area contributed by atoms with Gasteiger partial charge in [0.1, 0.15) is 5.76 Å². The van der Waals surface area contributed by atoms with Crippen LogP contribution in [0.25, 0.3) is 0 Å². The van der Waals surface area contributed by atoms with Gasteiger partial charge in [0, 0.05) is 13.3 Å². The van der Waals surface area contributed by atoms with Crippen LogP contribution in [0.4, 0.5) is 0 Å². The van der Waals surface area contributed by atoms with E-state index in [2.05, 4.69) is 4.98 Å². The van der Waals surface area contributed by atoms with E-state index in [4.69, 9.17) is 14.9 Å². The molecule has 0 amide bonds. The lowest BCUT2D eigenvalue weighted by Crippen LogP contribution is -2.06. The molecule has 2 N–H and O–H groups in total. The van der Waals surface area contributed by atoms with Crippen molar-refractivity contribution >= 4 is 0 Å². The van der Waals surface area contributed by atoms with Gasteiger partial charge in [-0.3, -0.25) is 0 Å². The van der Waals surface area contributed by atoms with Crippen LogP contribution >= 0.6 is 0 Å². The van der Waals surface area contributed by atoms with Crippen LogP contribution < -0.4 is 5.73 Å². The highest BCUT2D eigenvalue weighted by Crippen LogP contribution is 2.02. The lowest BCUT2D eigenvalue weighted by atomic mass is 10.4. The van der Waals surface area contributed by atoms with E-state index in [0.29, 0.717) is 12.5 Å². The molecular weight excluding hydrogens is 144 g/mol. The first-order chi connectivity index (χ1) is 5.33. The summed E-state index contributed by atoms with van der Waals surface area (Å²) in [6, 6.07) is 0. The SMILES string of the molecule is Cc1ncc(CCOCN)o1. The van der Waals surface area contributed by atoms with Crippen molar-refractivity contribution in [2.24, 2.45) is 5.73 Å². The first-order valence-electron chi connectivity index (χ1n) is 3.52. The number of oxazole rings is 1. The van der Waals surface area contributed by atoms with Gasteiger partial charge in [-0.2, -0.15) is 0 Å². The summed E-state index contributed by atoms with van der Waals surface area (Å²) in [6.45, 7) is 2.66. The van der Waals surface area contributed by atoms with Gasteiger partial charge >= 0.3 is 0 Å². The number of nitrogens with zero attached hydrogens (tertiary/aromatic N) is 1. The molecule has 0 aliphatic heterocycles. The predicted molar refractivity (Wildman–Crippen MR) is 40.0 cm³/mol. The minimum Gasteiger partial charge on any atom is -0.446 e. The zero-order chi connectivity index (χ0) is 8.10. The van der Waals surface area contributed by atoms with Gasteiger partial charge in [0.15, 0.2) is 5.89 Å². The Bertz CT molecular complexity index is 210. The summed E-state index contributed by atoms with van der Waals surface area (Å²) in [5, 5.41) is 0. The first kappa shape index (κ1) is 8.23. The number of rotatable bonds is 4. The highest BCUT2D eigenvalue weighted by molar-refractivity contribution is 4.92. The molecule has 1 aromatic heterocycles. The molecule has 0 aliphatic rings. The second-order valence-corrected chi connectivity index (χ2v) is 2.17. The van der Waals surface area contributed by atoms with Gasteiger partial charge < -0.3 is 14.9 Å². The Balaban J connectivity index is 2.27. The van der Waals surface area contributed by atoms with E-state index in [1.54, 1.807) is 6.20 Å². The summed E-state index contributed by atoms with van der Waals surface area (Å²) in [5.74, 6) is 1.53. The molecule has 0 aromatic carbocycles. The highest BCUT2D eigenvalue weighted by atomic mass is 16.5. The van der Waals surface area contributed by atoms with E-state index in [1.165, 1.54) is 0 Å². The molecule has 0 bridgehead atoms. The fraction of sp³-hybridized carbons (Fsp3) is 0.571. The van der Waals surface area contributed by atoms with Crippen LogP contribution in [0.3, 0.4) is 0 Å². The summed E-state index contributed by atoms with van der Waals surface area (Å²) in [5.41, 5.74) is 5.13. The molecule has 62 valence electrons. The Labute approximate surface area is 65.4 Å². The van der Waals surface area contributed by atoms with Gasteiger partial charge in [0.25, 0.3) is 0 Å². The minimum absolute atomic E-state index is 0.257. The van der Waals surface area contributed by atoms with Crippen LogP contribution in [0.15, 0.2) is 10.6 Å². The number of hydrogen-bond acceptors (Lipinski definition) is 4. The van der Waals surface area contributed by atoms with Gasteiger partial charge in [-0.05, 0) is 0 Å². The lowest BCUT2D eigenvalue weighted by molar-refractivity contribution is 0.140. The summed E-state index contributed by atoms with van der Waals surface area (Å²) in [6.07, 6.45) is 2.44. The quantitative estimate of drug-likeness (QED) is 0.508. The van der Waals surface area contributed by atoms with Gasteiger partial charge in [0.2, 0.25) is 0 Å². The molecule has 0 saturated carbocycles.